The highest BCUT2D eigenvalue weighted by molar-refractivity contribution is 9.10. The van der Waals surface area contributed by atoms with Crippen LogP contribution in [0.25, 0.3) is 0 Å². The molecule has 1 aromatic carbocycles. The number of benzene rings is 1. The molecule has 0 N–H and O–H groups in total. The van der Waals surface area contributed by atoms with Crippen LogP contribution in [0.15, 0.2) is 46.3 Å². The Hall–Kier alpha value is -1.66. The van der Waals surface area contributed by atoms with E-state index in [0.717, 1.165) is 22.9 Å². The summed E-state index contributed by atoms with van der Waals surface area (Å²) in [4.78, 5) is 29.6. The van der Waals surface area contributed by atoms with Gasteiger partial charge in [0.15, 0.2) is 0 Å². The zero-order valence-electron chi connectivity index (χ0n) is 13.4. The first-order valence-electron chi connectivity index (χ1n) is 7.91. The average molecular weight is 407 g/mol. The number of nitrogens with zero attached hydrogens (tertiary/aromatic N) is 2. The molecule has 24 heavy (non-hydrogen) atoms. The molecule has 0 aliphatic carbocycles. The molecule has 2 heterocycles. The predicted octanol–water partition coefficient (Wildman–Crippen LogP) is 3.77. The Morgan fingerprint density at radius 2 is 2.08 bits per heavy atom. The smallest absolute Gasteiger partial charge is 0.264 e. The van der Waals surface area contributed by atoms with Crippen LogP contribution in [0.4, 0.5) is 0 Å². The summed E-state index contributed by atoms with van der Waals surface area (Å²) < 4.78 is 0.989. The number of hydrogen-bond acceptors (Lipinski definition) is 3. The van der Waals surface area contributed by atoms with Crippen LogP contribution in [0.2, 0.25) is 0 Å². The van der Waals surface area contributed by atoms with Gasteiger partial charge in [-0.15, -0.1) is 11.3 Å². The molecule has 6 heteroatoms. The van der Waals surface area contributed by atoms with Crippen molar-refractivity contribution in [2.24, 2.45) is 0 Å². The summed E-state index contributed by atoms with van der Waals surface area (Å²) in [6, 6.07) is 11.2. The van der Waals surface area contributed by atoms with Crippen LogP contribution in [0.3, 0.4) is 0 Å². The third-order valence-electron chi connectivity index (χ3n) is 4.27. The molecule has 1 aliphatic heterocycles. The first-order chi connectivity index (χ1) is 11.6. The molecule has 1 fully saturated rings. The summed E-state index contributed by atoms with van der Waals surface area (Å²) in [5.41, 5.74) is 1.06. The molecule has 126 valence electrons. The van der Waals surface area contributed by atoms with Crippen molar-refractivity contribution in [1.29, 1.82) is 0 Å². The number of likely N-dealkylation sites (tertiary alicyclic amines) is 1. The lowest BCUT2D eigenvalue weighted by molar-refractivity contribution is -0.134. The maximum absolute atomic E-state index is 12.9. The predicted molar refractivity (Wildman–Crippen MR) is 99.0 cm³/mol. The first-order valence-corrected chi connectivity index (χ1v) is 9.58. The van der Waals surface area contributed by atoms with E-state index in [1.807, 2.05) is 41.8 Å². The zero-order valence-corrected chi connectivity index (χ0v) is 15.8. The van der Waals surface area contributed by atoms with Crippen molar-refractivity contribution >= 4 is 39.1 Å². The normalized spacial score (nSPS) is 17.1. The molecule has 1 unspecified atom stereocenters. The van der Waals surface area contributed by atoms with Gasteiger partial charge in [0.05, 0.1) is 4.88 Å². The fourth-order valence-electron chi connectivity index (χ4n) is 3.02. The van der Waals surface area contributed by atoms with E-state index in [-0.39, 0.29) is 17.9 Å². The Morgan fingerprint density at radius 1 is 1.29 bits per heavy atom. The summed E-state index contributed by atoms with van der Waals surface area (Å²) in [7, 11) is 1.80. The van der Waals surface area contributed by atoms with Crippen molar-refractivity contribution < 1.29 is 9.59 Å². The highest BCUT2D eigenvalue weighted by atomic mass is 79.9. The molecule has 0 bridgehead atoms. The second-order valence-corrected chi connectivity index (χ2v) is 7.72. The van der Waals surface area contributed by atoms with Gasteiger partial charge < -0.3 is 9.80 Å². The van der Waals surface area contributed by atoms with Gasteiger partial charge in [0, 0.05) is 24.6 Å². The lowest BCUT2D eigenvalue weighted by atomic mass is 10.1. The minimum absolute atomic E-state index is 0.00755. The Balaban J connectivity index is 1.71. The van der Waals surface area contributed by atoms with Gasteiger partial charge in [0.1, 0.15) is 6.04 Å². The zero-order chi connectivity index (χ0) is 17.1. The van der Waals surface area contributed by atoms with Crippen molar-refractivity contribution in [3.05, 3.63) is 56.7 Å². The lowest BCUT2D eigenvalue weighted by Gasteiger charge is -2.28. The van der Waals surface area contributed by atoms with E-state index in [1.165, 1.54) is 11.3 Å². The van der Waals surface area contributed by atoms with E-state index >= 15 is 0 Å². The molecule has 4 nitrogen and oxygen atoms in total. The van der Waals surface area contributed by atoms with Crippen molar-refractivity contribution in [2.75, 3.05) is 13.6 Å². The average Bonchev–Trinajstić information content (AvgIpc) is 3.27. The quantitative estimate of drug-likeness (QED) is 0.774. The van der Waals surface area contributed by atoms with E-state index in [4.69, 9.17) is 0 Å². The molecule has 3 rings (SSSR count). The Bertz CT molecular complexity index is 732. The highest BCUT2D eigenvalue weighted by Crippen LogP contribution is 2.24. The minimum atomic E-state index is -0.355. The van der Waals surface area contributed by atoms with Crippen LogP contribution in [0, 0.1) is 0 Å². The molecule has 1 aliphatic rings. The van der Waals surface area contributed by atoms with Gasteiger partial charge >= 0.3 is 0 Å². The van der Waals surface area contributed by atoms with Gasteiger partial charge in [0.25, 0.3) is 5.91 Å². The molecule has 0 spiro atoms. The minimum Gasteiger partial charge on any atom is -0.340 e. The van der Waals surface area contributed by atoms with E-state index in [1.54, 1.807) is 16.8 Å². The first kappa shape index (κ1) is 17.2. The fourth-order valence-corrected chi connectivity index (χ4v) is 4.11. The lowest BCUT2D eigenvalue weighted by Crippen LogP contribution is -2.46. The standard InChI is InChI=1S/C18H19BrN2O2S/c1-20(12-13-6-2-3-7-14(13)19)17(22)15-8-4-10-21(15)18(23)16-9-5-11-24-16/h2-3,5-7,9,11,15H,4,8,10,12H2,1H3. The number of likely N-dealkylation sites (N-methyl/N-ethyl adjacent to an activating group) is 1. The summed E-state index contributed by atoms with van der Waals surface area (Å²) in [5.74, 6) is -0.0247. The monoisotopic (exact) mass is 406 g/mol. The Kier molecular flexibility index (Phi) is 5.36. The topological polar surface area (TPSA) is 40.6 Å². The number of rotatable bonds is 4. The fraction of sp³-hybridized carbons (Fsp3) is 0.333. The van der Waals surface area contributed by atoms with Gasteiger partial charge in [-0.2, -0.15) is 0 Å². The van der Waals surface area contributed by atoms with Gasteiger partial charge in [-0.1, -0.05) is 40.2 Å². The third kappa shape index (κ3) is 3.54. The van der Waals surface area contributed by atoms with E-state index in [9.17, 15) is 9.59 Å². The molecule has 1 aromatic heterocycles. The second kappa shape index (κ2) is 7.49. The number of hydrogen-bond donors (Lipinski definition) is 0. The SMILES string of the molecule is CN(Cc1ccccc1Br)C(=O)C1CCCN1C(=O)c1cccs1. The van der Waals surface area contributed by atoms with E-state index in [0.29, 0.717) is 18.0 Å². The highest BCUT2D eigenvalue weighted by Gasteiger charge is 2.36. The van der Waals surface area contributed by atoms with Gasteiger partial charge in [-0.25, -0.2) is 0 Å². The molecule has 1 atom stereocenters. The number of carbonyl (C=O) groups excluding carboxylic acids is 2. The van der Waals surface area contributed by atoms with Gasteiger partial charge in [-0.05, 0) is 35.9 Å². The van der Waals surface area contributed by atoms with Crippen molar-refractivity contribution in [2.45, 2.75) is 25.4 Å². The van der Waals surface area contributed by atoms with Crippen molar-refractivity contribution in [3.8, 4) is 0 Å². The number of halogens is 1. The maximum atomic E-state index is 12.9. The van der Waals surface area contributed by atoms with Crippen LogP contribution < -0.4 is 0 Å². The van der Waals surface area contributed by atoms with E-state index in [2.05, 4.69) is 15.9 Å². The molecule has 0 radical (unpaired) electrons. The van der Waals surface area contributed by atoms with Gasteiger partial charge in [0.2, 0.25) is 5.91 Å². The molecular weight excluding hydrogens is 388 g/mol. The maximum Gasteiger partial charge on any atom is 0.264 e. The molecule has 2 amide bonds. The van der Waals surface area contributed by atoms with Crippen molar-refractivity contribution in [3.63, 3.8) is 0 Å². The molecule has 0 saturated carbocycles. The van der Waals surface area contributed by atoms with Crippen LogP contribution >= 0.6 is 27.3 Å². The second-order valence-electron chi connectivity index (χ2n) is 5.92. The third-order valence-corrected chi connectivity index (χ3v) is 5.90. The van der Waals surface area contributed by atoms with Crippen LogP contribution in [-0.2, 0) is 11.3 Å². The van der Waals surface area contributed by atoms with Crippen LogP contribution in [-0.4, -0.2) is 41.2 Å². The summed E-state index contributed by atoms with van der Waals surface area (Å²) >= 11 is 4.94. The van der Waals surface area contributed by atoms with E-state index < -0.39 is 0 Å². The largest absolute Gasteiger partial charge is 0.340 e. The summed E-state index contributed by atoms with van der Waals surface area (Å²) in [5, 5.41) is 1.89. The number of thiophene rings is 1. The Morgan fingerprint density at radius 3 is 2.79 bits per heavy atom. The number of carbonyl (C=O) groups is 2. The molecular formula is C18H19BrN2O2S. The van der Waals surface area contributed by atoms with Crippen LogP contribution in [0.5, 0.6) is 0 Å². The molecule has 1 saturated heterocycles. The summed E-state index contributed by atoms with van der Waals surface area (Å²) in [6.07, 6.45) is 1.60. The van der Waals surface area contributed by atoms with Gasteiger partial charge in [-0.3, -0.25) is 9.59 Å². The molecule has 2 aromatic rings. The number of amides is 2. The summed E-state index contributed by atoms with van der Waals surface area (Å²) in [6.45, 7) is 1.17. The van der Waals surface area contributed by atoms with Crippen LogP contribution in [0.1, 0.15) is 28.1 Å². The Labute approximate surface area is 154 Å². The van der Waals surface area contributed by atoms with Crippen molar-refractivity contribution in [1.82, 2.24) is 9.80 Å².